The fourth-order valence-corrected chi connectivity index (χ4v) is 1.66. The molecule has 1 rings (SSSR count). The van der Waals surface area contributed by atoms with Gasteiger partial charge < -0.3 is 16.4 Å². The Balaban J connectivity index is 2.77. The maximum atomic E-state index is 11.7. The number of nitrogens with one attached hydrogen (secondary N) is 2. The van der Waals surface area contributed by atoms with Crippen LogP contribution in [0.4, 0.5) is 5.69 Å². The molecule has 0 aliphatic carbocycles. The molecule has 0 aromatic heterocycles. The Hall–Kier alpha value is -2.01. The molecule has 102 valence electrons. The van der Waals surface area contributed by atoms with Crippen molar-refractivity contribution in [3.63, 3.8) is 0 Å². The second kappa shape index (κ2) is 6.80. The predicted molar refractivity (Wildman–Crippen MR) is 76.3 cm³/mol. The molecule has 0 saturated heterocycles. The van der Waals surface area contributed by atoms with Crippen LogP contribution in [0.3, 0.4) is 0 Å². The lowest BCUT2D eigenvalue weighted by Gasteiger charge is -2.15. The molecular formula is C13H16ClN3O2. The summed E-state index contributed by atoms with van der Waals surface area (Å²) in [4.78, 5) is 22.8. The number of carbonyl (C=O) groups excluding carboxylic acids is 2. The summed E-state index contributed by atoms with van der Waals surface area (Å²) in [6.07, 6.45) is 1.60. The first-order chi connectivity index (χ1) is 8.95. The Morgan fingerprint density at radius 2 is 2.21 bits per heavy atom. The van der Waals surface area contributed by atoms with E-state index in [1.165, 1.54) is 6.07 Å². The van der Waals surface area contributed by atoms with E-state index in [9.17, 15) is 9.59 Å². The second-order valence-corrected chi connectivity index (χ2v) is 4.37. The third-order valence-electron chi connectivity index (χ3n) is 2.43. The highest BCUT2D eigenvalue weighted by Crippen LogP contribution is 2.20. The van der Waals surface area contributed by atoms with Crippen molar-refractivity contribution in [1.82, 2.24) is 5.32 Å². The number of halogens is 1. The number of primary amides is 1. The third-order valence-corrected chi connectivity index (χ3v) is 2.76. The first-order valence-electron chi connectivity index (χ1n) is 5.70. The van der Waals surface area contributed by atoms with Crippen LogP contribution < -0.4 is 16.4 Å². The van der Waals surface area contributed by atoms with E-state index in [0.717, 1.165) is 0 Å². The van der Waals surface area contributed by atoms with Crippen molar-refractivity contribution in [3.05, 3.63) is 41.4 Å². The summed E-state index contributed by atoms with van der Waals surface area (Å²) in [7, 11) is 0. The zero-order valence-corrected chi connectivity index (χ0v) is 11.3. The molecule has 4 N–H and O–H groups in total. The lowest BCUT2D eigenvalue weighted by molar-refractivity contribution is -0.121. The molecule has 0 spiro atoms. The topological polar surface area (TPSA) is 84.2 Å². The zero-order chi connectivity index (χ0) is 14.4. The van der Waals surface area contributed by atoms with E-state index in [0.29, 0.717) is 12.2 Å². The van der Waals surface area contributed by atoms with Gasteiger partial charge in [0.15, 0.2) is 0 Å². The summed E-state index contributed by atoms with van der Waals surface area (Å²) in [5.74, 6) is -0.784. The Kier molecular flexibility index (Phi) is 5.38. The lowest BCUT2D eigenvalue weighted by Crippen LogP contribution is -2.37. The largest absolute Gasteiger partial charge is 0.374 e. The number of amides is 2. The molecule has 0 aliphatic heterocycles. The number of anilines is 1. The molecule has 0 radical (unpaired) electrons. The normalized spacial score (nSPS) is 11.5. The smallest absolute Gasteiger partial charge is 0.250 e. The molecule has 2 amide bonds. The van der Waals surface area contributed by atoms with Crippen molar-refractivity contribution >= 4 is 29.1 Å². The molecule has 5 nitrogen and oxygen atoms in total. The van der Waals surface area contributed by atoms with Gasteiger partial charge >= 0.3 is 0 Å². The minimum atomic E-state index is -0.614. The molecule has 0 heterocycles. The van der Waals surface area contributed by atoms with Crippen LogP contribution in [0.1, 0.15) is 17.3 Å². The summed E-state index contributed by atoms with van der Waals surface area (Å²) >= 11 is 5.84. The minimum Gasteiger partial charge on any atom is -0.374 e. The molecule has 6 heteroatoms. The number of nitrogens with two attached hydrogens (primary N) is 1. The summed E-state index contributed by atoms with van der Waals surface area (Å²) in [5.41, 5.74) is 6.01. The van der Waals surface area contributed by atoms with Crippen LogP contribution in [0.15, 0.2) is 30.9 Å². The first-order valence-corrected chi connectivity index (χ1v) is 6.08. The van der Waals surface area contributed by atoms with Crippen molar-refractivity contribution in [2.24, 2.45) is 5.73 Å². The quantitative estimate of drug-likeness (QED) is 0.692. The Labute approximate surface area is 116 Å². The van der Waals surface area contributed by atoms with E-state index in [1.54, 1.807) is 25.1 Å². The molecule has 0 fully saturated rings. The molecule has 0 bridgehead atoms. The highest BCUT2D eigenvalue weighted by atomic mass is 35.5. The summed E-state index contributed by atoms with van der Waals surface area (Å²) < 4.78 is 0. The van der Waals surface area contributed by atoms with Crippen LogP contribution >= 0.6 is 11.6 Å². The highest BCUT2D eigenvalue weighted by Gasteiger charge is 2.13. The molecular weight excluding hydrogens is 266 g/mol. The average molecular weight is 282 g/mol. The molecule has 0 unspecified atom stereocenters. The minimum absolute atomic E-state index is 0.171. The van der Waals surface area contributed by atoms with Crippen molar-refractivity contribution in [2.75, 3.05) is 11.9 Å². The van der Waals surface area contributed by atoms with E-state index in [-0.39, 0.29) is 16.5 Å². The van der Waals surface area contributed by atoms with E-state index in [4.69, 9.17) is 17.3 Å². The summed E-state index contributed by atoms with van der Waals surface area (Å²) in [5, 5.41) is 5.90. The van der Waals surface area contributed by atoms with Gasteiger partial charge in [-0.05, 0) is 25.1 Å². The molecule has 0 saturated carbocycles. The van der Waals surface area contributed by atoms with Gasteiger partial charge in [-0.3, -0.25) is 9.59 Å². The van der Waals surface area contributed by atoms with E-state index in [2.05, 4.69) is 17.2 Å². The molecule has 1 aromatic rings. The van der Waals surface area contributed by atoms with Gasteiger partial charge in [0.1, 0.15) is 6.04 Å². The lowest BCUT2D eigenvalue weighted by atomic mass is 10.1. The SMILES string of the molecule is C=CCNC(=O)[C@H](C)Nc1ccc(Cl)c(C(N)=O)c1. The van der Waals surface area contributed by atoms with Crippen molar-refractivity contribution in [3.8, 4) is 0 Å². The first kappa shape index (κ1) is 15.0. The van der Waals surface area contributed by atoms with Crippen molar-refractivity contribution < 1.29 is 9.59 Å². The molecule has 0 aliphatic rings. The Morgan fingerprint density at radius 1 is 1.53 bits per heavy atom. The maximum absolute atomic E-state index is 11.7. The van der Waals surface area contributed by atoms with Gasteiger partial charge in [0, 0.05) is 12.2 Å². The highest BCUT2D eigenvalue weighted by molar-refractivity contribution is 6.33. The maximum Gasteiger partial charge on any atom is 0.250 e. The second-order valence-electron chi connectivity index (χ2n) is 3.96. The van der Waals surface area contributed by atoms with Crippen LogP contribution in [0, 0.1) is 0 Å². The monoisotopic (exact) mass is 281 g/mol. The fraction of sp³-hybridized carbons (Fsp3) is 0.231. The van der Waals surface area contributed by atoms with Gasteiger partial charge in [-0.1, -0.05) is 17.7 Å². The van der Waals surface area contributed by atoms with Crippen LogP contribution in [-0.4, -0.2) is 24.4 Å². The van der Waals surface area contributed by atoms with Crippen molar-refractivity contribution in [1.29, 1.82) is 0 Å². The number of benzene rings is 1. The van der Waals surface area contributed by atoms with E-state index < -0.39 is 11.9 Å². The van der Waals surface area contributed by atoms with Gasteiger partial charge in [0.05, 0.1) is 10.6 Å². The van der Waals surface area contributed by atoms with Crippen molar-refractivity contribution in [2.45, 2.75) is 13.0 Å². The van der Waals surface area contributed by atoms with Gasteiger partial charge in [-0.15, -0.1) is 6.58 Å². The van der Waals surface area contributed by atoms with E-state index >= 15 is 0 Å². The average Bonchev–Trinajstić information content (AvgIpc) is 2.37. The fourth-order valence-electron chi connectivity index (χ4n) is 1.45. The Bertz CT molecular complexity index is 503. The molecule has 1 aromatic carbocycles. The summed E-state index contributed by atoms with van der Waals surface area (Å²) in [6.45, 7) is 5.62. The van der Waals surface area contributed by atoms with Gasteiger partial charge in [-0.2, -0.15) is 0 Å². The molecule has 1 atom stereocenters. The number of rotatable bonds is 6. The van der Waals surface area contributed by atoms with E-state index in [1.807, 2.05) is 0 Å². The predicted octanol–water partition coefficient (Wildman–Crippen LogP) is 1.54. The van der Waals surface area contributed by atoms with Gasteiger partial charge in [0.25, 0.3) is 0 Å². The van der Waals surface area contributed by atoms with Crippen LogP contribution in [-0.2, 0) is 4.79 Å². The standard InChI is InChI=1S/C13H16ClN3O2/c1-3-6-16-13(19)8(2)17-9-4-5-11(14)10(7-9)12(15)18/h3-5,7-8,17H,1,6H2,2H3,(H2,15,18)(H,16,19)/t8-/m0/s1. The molecule has 19 heavy (non-hydrogen) atoms. The van der Waals surface area contributed by atoms with Crippen LogP contribution in [0.2, 0.25) is 5.02 Å². The van der Waals surface area contributed by atoms with Crippen LogP contribution in [0.25, 0.3) is 0 Å². The third kappa shape index (κ3) is 4.30. The van der Waals surface area contributed by atoms with Gasteiger partial charge in [-0.25, -0.2) is 0 Å². The summed E-state index contributed by atoms with van der Waals surface area (Å²) in [6, 6.07) is 4.29. The number of carbonyl (C=O) groups is 2. The van der Waals surface area contributed by atoms with Gasteiger partial charge in [0.2, 0.25) is 11.8 Å². The zero-order valence-electron chi connectivity index (χ0n) is 10.6. The number of hydrogen-bond donors (Lipinski definition) is 3. The number of hydrogen-bond acceptors (Lipinski definition) is 3. The van der Waals surface area contributed by atoms with Crippen LogP contribution in [0.5, 0.6) is 0 Å². The Morgan fingerprint density at radius 3 is 2.79 bits per heavy atom.